The van der Waals surface area contributed by atoms with Gasteiger partial charge in [0.05, 0.1) is 0 Å². The second-order valence-electron chi connectivity index (χ2n) is 4.04. The fourth-order valence-electron chi connectivity index (χ4n) is 1.74. The molecule has 1 unspecified atom stereocenters. The number of anilines is 1. The lowest BCUT2D eigenvalue weighted by Gasteiger charge is -2.17. The maximum absolute atomic E-state index is 9.03. The summed E-state index contributed by atoms with van der Waals surface area (Å²) in [6.45, 7) is 2.04. The number of hydrogen-bond donors (Lipinski definition) is 2. The SMILES string of the molecule is CSCC(CCO)Nc1ccc2nnc(C)n2n1. The van der Waals surface area contributed by atoms with Crippen molar-refractivity contribution in [3.05, 3.63) is 18.0 Å². The Bertz CT molecular complexity index is 509. The fourth-order valence-corrected chi connectivity index (χ4v) is 2.39. The average molecular weight is 267 g/mol. The maximum Gasteiger partial charge on any atom is 0.178 e. The topological polar surface area (TPSA) is 75.3 Å². The van der Waals surface area contributed by atoms with Crippen LogP contribution in [0.3, 0.4) is 0 Å². The quantitative estimate of drug-likeness (QED) is 0.812. The lowest BCUT2D eigenvalue weighted by molar-refractivity contribution is 0.282. The van der Waals surface area contributed by atoms with Gasteiger partial charge in [-0.05, 0) is 31.7 Å². The standard InChI is InChI=1S/C11H17N5OS/c1-8-13-14-11-4-3-10(15-16(8)11)12-9(5-6-17)7-18-2/h3-4,9,17H,5-7H2,1-2H3,(H,12,15). The summed E-state index contributed by atoms with van der Waals surface area (Å²) in [6, 6.07) is 3.98. The van der Waals surface area contributed by atoms with Gasteiger partial charge in [-0.25, -0.2) is 0 Å². The Morgan fingerprint density at radius 3 is 3.00 bits per heavy atom. The minimum atomic E-state index is 0.173. The van der Waals surface area contributed by atoms with Gasteiger partial charge in [0.2, 0.25) is 0 Å². The van der Waals surface area contributed by atoms with E-state index >= 15 is 0 Å². The van der Waals surface area contributed by atoms with Crippen LogP contribution in [0.25, 0.3) is 5.65 Å². The average Bonchev–Trinajstić information content (AvgIpc) is 2.72. The van der Waals surface area contributed by atoms with Crippen molar-refractivity contribution >= 4 is 23.2 Å². The predicted molar refractivity (Wildman–Crippen MR) is 73.0 cm³/mol. The van der Waals surface area contributed by atoms with Crippen molar-refractivity contribution in [1.29, 1.82) is 0 Å². The molecule has 0 spiro atoms. The van der Waals surface area contributed by atoms with E-state index in [4.69, 9.17) is 5.11 Å². The van der Waals surface area contributed by atoms with Gasteiger partial charge < -0.3 is 10.4 Å². The van der Waals surface area contributed by atoms with Gasteiger partial charge in [-0.1, -0.05) is 0 Å². The number of nitrogens with one attached hydrogen (secondary N) is 1. The summed E-state index contributed by atoms with van der Waals surface area (Å²) in [5, 5.41) is 24.7. The van der Waals surface area contributed by atoms with Crippen LogP contribution in [0.15, 0.2) is 12.1 Å². The smallest absolute Gasteiger partial charge is 0.178 e. The maximum atomic E-state index is 9.03. The molecule has 2 aromatic heterocycles. The van der Waals surface area contributed by atoms with E-state index in [0.717, 1.165) is 23.0 Å². The summed E-state index contributed by atoms with van der Waals surface area (Å²) in [4.78, 5) is 0. The molecule has 0 aromatic carbocycles. The minimum Gasteiger partial charge on any atom is -0.396 e. The van der Waals surface area contributed by atoms with Crippen LogP contribution in [0.1, 0.15) is 12.2 Å². The lowest BCUT2D eigenvalue weighted by atomic mass is 10.2. The molecule has 2 aromatic rings. The van der Waals surface area contributed by atoms with Crippen LogP contribution in [0.4, 0.5) is 5.82 Å². The van der Waals surface area contributed by atoms with Gasteiger partial charge in [-0.15, -0.1) is 15.3 Å². The lowest BCUT2D eigenvalue weighted by Crippen LogP contribution is -2.24. The van der Waals surface area contributed by atoms with E-state index in [1.807, 2.05) is 25.3 Å². The summed E-state index contributed by atoms with van der Waals surface area (Å²) in [7, 11) is 0. The first-order valence-electron chi connectivity index (χ1n) is 5.80. The van der Waals surface area contributed by atoms with Crippen LogP contribution in [-0.4, -0.2) is 49.6 Å². The predicted octanol–water partition coefficient (Wildman–Crippen LogP) is 0.959. The van der Waals surface area contributed by atoms with Gasteiger partial charge in [0, 0.05) is 18.4 Å². The van der Waals surface area contributed by atoms with Crippen molar-refractivity contribution in [2.24, 2.45) is 0 Å². The number of aliphatic hydroxyl groups is 1. The first kappa shape index (κ1) is 13.1. The van der Waals surface area contributed by atoms with E-state index in [2.05, 4.69) is 20.6 Å². The third-order valence-corrected chi connectivity index (χ3v) is 3.35. The highest BCUT2D eigenvalue weighted by molar-refractivity contribution is 7.98. The molecular formula is C11H17N5OS. The molecule has 0 aliphatic heterocycles. The number of nitrogens with zero attached hydrogens (tertiary/aromatic N) is 4. The highest BCUT2D eigenvalue weighted by atomic mass is 32.2. The molecule has 2 heterocycles. The Morgan fingerprint density at radius 1 is 1.44 bits per heavy atom. The Labute approximate surface area is 110 Å². The monoisotopic (exact) mass is 267 g/mol. The van der Waals surface area contributed by atoms with Crippen molar-refractivity contribution in [3.8, 4) is 0 Å². The Kier molecular flexibility index (Phi) is 4.38. The van der Waals surface area contributed by atoms with Crippen molar-refractivity contribution in [1.82, 2.24) is 19.8 Å². The van der Waals surface area contributed by atoms with Crippen LogP contribution in [0.5, 0.6) is 0 Å². The molecule has 0 aliphatic rings. The van der Waals surface area contributed by atoms with Crippen LogP contribution < -0.4 is 5.32 Å². The van der Waals surface area contributed by atoms with Crippen LogP contribution in [-0.2, 0) is 0 Å². The molecule has 0 saturated carbocycles. The van der Waals surface area contributed by atoms with E-state index in [9.17, 15) is 0 Å². The van der Waals surface area contributed by atoms with Gasteiger partial charge in [0.15, 0.2) is 11.5 Å². The zero-order valence-corrected chi connectivity index (χ0v) is 11.3. The molecule has 18 heavy (non-hydrogen) atoms. The number of aryl methyl sites for hydroxylation is 1. The summed E-state index contributed by atoms with van der Waals surface area (Å²) in [5.74, 6) is 2.47. The Balaban J connectivity index is 2.16. The summed E-state index contributed by atoms with van der Waals surface area (Å²) in [5.41, 5.74) is 0.738. The molecule has 6 nitrogen and oxygen atoms in total. The molecular weight excluding hydrogens is 250 g/mol. The Morgan fingerprint density at radius 2 is 2.28 bits per heavy atom. The number of aromatic nitrogens is 4. The fraction of sp³-hybridized carbons (Fsp3) is 0.545. The van der Waals surface area contributed by atoms with E-state index in [1.54, 1.807) is 16.3 Å². The molecule has 0 amide bonds. The first-order chi connectivity index (χ1) is 8.74. The molecule has 0 radical (unpaired) electrons. The summed E-state index contributed by atoms with van der Waals surface area (Å²) < 4.78 is 1.71. The van der Waals surface area contributed by atoms with E-state index in [0.29, 0.717) is 6.42 Å². The van der Waals surface area contributed by atoms with Gasteiger partial charge in [-0.2, -0.15) is 16.3 Å². The molecule has 0 saturated heterocycles. The highest BCUT2D eigenvalue weighted by Gasteiger charge is 2.09. The zero-order valence-electron chi connectivity index (χ0n) is 10.5. The van der Waals surface area contributed by atoms with Crippen molar-refractivity contribution in [2.45, 2.75) is 19.4 Å². The van der Waals surface area contributed by atoms with Gasteiger partial charge in [0.1, 0.15) is 5.82 Å². The number of rotatable bonds is 6. The molecule has 0 fully saturated rings. The number of fused-ring (bicyclic) bond motifs is 1. The normalized spacial score (nSPS) is 12.8. The molecule has 2 N–H and O–H groups in total. The third kappa shape index (κ3) is 2.91. The first-order valence-corrected chi connectivity index (χ1v) is 7.19. The van der Waals surface area contributed by atoms with E-state index in [1.165, 1.54) is 0 Å². The Hall–Kier alpha value is -1.34. The van der Waals surface area contributed by atoms with Crippen molar-refractivity contribution in [3.63, 3.8) is 0 Å². The van der Waals surface area contributed by atoms with Crippen molar-refractivity contribution in [2.75, 3.05) is 23.9 Å². The van der Waals surface area contributed by atoms with E-state index in [-0.39, 0.29) is 12.6 Å². The second kappa shape index (κ2) is 6.01. The molecule has 1 atom stereocenters. The van der Waals surface area contributed by atoms with Crippen LogP contribution in [0, 0.1) is 6.92 Å². The van der Waals surface area contributed by atoms with Gasteiger partial charge in [0.25, 0.3) is 0 Å². The zero-order chi connectivity index (χ0) is 13.0. The third-order valence-electron chi connectivity index (χ3n) is 2.62. The van der Waals surface area contributed by atoms with E-state index < -0.39 is 0 Å². The molecule has 98 valence electrons. The molecule has 0 bridgehead atoms. The van der Waals surface area contributed by atoms with Crippen LogP contribution in [0.2, 0.25) is 0 Å². The minimum absolute atomic E-state index is 0.173. The van der Waals surface area contributed by atoms with Gasteiger partial charge in [-0.3, -0.25) is 0 Å². The summed E-state index contributed by atoms with van der Waals surface area (Å²) >= 11 is 1.74. The van der Waals surface area contributed by atoms with Crippen LogP contribution >= 0.6 is 11.8 Å². The number of aliphatic hydroxyl groups excluding tert-OH is 1. The number of thioether (sulfide) groups is 1. The molecule has 7 heteroatoms. The number of hydrogen-bond acceptors (Lipinski definition) is 6. The largest absolute Gasteiger partial charge is 0.396 e. The highest BCUT2D eigenvalue weighted by Crippen LogP contribution is 2.11. The second-order valence-corrected chi connectivity index (χ2v) is 4.96. The molecule has 2 rings (SSSR count). The summed E-state index contributed by atoms with van der Waals surface area (Å²) in [6.07, 6.45) is 2.76. The van der Waals surface area contributed by atoms with Gasteiger partial charge >= 0.3 is 0 Å². The van der Waals surface area contributed by atoms with Crippen molar-refractivity contribution < 1.29 is 5.11 Å². The molecule has 0 aliphatic carbocycles.